The van der Waals surface area contributed by atoms with Gasteiger partial charge in [-0.3, -0.25) is 0 Å². The minimum Gasteiger partial charge on any atom is -0.381 e. The number of halogens is 2. The highest BCUT2D eigenvalue weighted by molar-refractivity contribution is 9.10. The van der Waals surface area contributed by atoms with E-state index >= 15 is 0 Å². The molecule has 1 aromatic carbocycles. The lowest BCUT2D eigenvalue weighted by atomic mass is 10.2. The van der Waals surface area contributed by atoms with Crippen LogP contribution in [-0.2, 0) is 0 Å². The first-order valence-electron chi connectivity index (χ1n) is 4.21. The molecule has 1 heterocycles. The van der Waals surface area contributed by atoms with E-state index in [0.717, 1.165) is 11.3 Å². The number of benzene rings is 1. The Labute approximate surface area is 100 Å². The Morgan fingerprint density at radius 2 is 1.87 bits per heavy atom. The molecule has 0 spiro atoms. The molecule has 76 valence electrons. The van der Waals surface area contributed by atoms with Crippen molar-refractivity contribution in [1.29, 1.82) is 0 Å². The molecule has 2 N–H and O–H groups in total. The molecule has 2 aromatic rings. The van der Waals surface area contributed by atoms with Gasteiger partial charge in [-0.1, -0.05) is 23.7 Å². The van der Waals surface area contributed by atoms with Crippen molar-refractivity contribution in [3.05, 3.63) is 40.1 Å². The van der Waals surface area contributed by atoms with Crippen LogP contribution in [-0.4, -0.2) is 9.97 Å². The Bertz CT molecular complexity index is 485. The van der Waals surface area contributed by atoms with E-state index in [4.69, 9.17) is 17.3 Å². The van der Waals surface area contributed by atoms with Gasteiger partial charge in [-0.25, -0.2) is 9.97 Å². The lowest BCUT2D eigenvalue weighted by Gasteiger charge is -2.02. The Balaban J connectivity index is 2.45. The van der Waals surface area contributed by atoms with Gasteiger partial charge in [-0.05, 0) is 28.1 Å². The van der Waals surface area contributed by atoms with E-state index in [2.05, 4.69) is 25.9 Å². The molecule has 3 nitrogen and oxygen atoms in total. The predicted molar refractivity (Wildman–Crippen MR) is 64.6 cm³/mol. The van der Waals surface area contributed by atoms with Gasteiger partial charge >= 0.3 is 0 Å². The van der Waals surface area contributed by atoms with E-state index in [1.54, 1.807) is 6.20 Å². The lowest BCUT2D eigenvalue weighted by molar-refractivity contribution is 1.18. The number of anilines is 1. The number of nitrogens with zero attached hydrogens (tertiary/aromatic N) is 2. The van der Waals surface area contributed by atoms with Gasteiger partial charge in [0.2, 0.25) is 0 Å². The summed E-state index contributed by atoms with van der Waals surface area (Å²) in [6, 6.07) is 7.38. The predicted octanol–water partition coefficient (Wildman–Crippen LogP) is 3.14. The van der Waals surface area contributed by atoms with Crippen LogP contribution >= 0.6 is 27.5 Å². The standard InChI is InChI=1S/C10H7BrClN3/c11-9-10(13)14-5-8(15-9)6-1-3-7(12)4-2-6/h1-5H,(H2,13,14). The van der Waals surface area contributed by atoms with E-state index in [0.29, 0.717) is 15.4 Å². The first kappa shape index (κ1) is 10.4. The minimum absolute atomic E-state index is 0.382. The number of nitrogens with two attached hydrogens (primary N) is 1. The number of hydrogen-bond donors (Lipinski definition) is 1. The third kappa shape index (κ3) is 2.27. The van der Waals surface area contributed by atoms with Crippen molar-refractivity contribution in [2.75, 3.05) is 5.73 Å². The molecular formula is C10H7BrClN3. The Kier molecular flexibility index (Phi) is 2.88. The highest BCUT2D eigenvalue weighted by Crippen LogP contribution is 2.22. The fourth-order valence-corrected chi connectivity index (χ4v) is 1.55. The number of rotatable bonds is 1. The molecule has 5 heteroatoms. The van der Waals surface area contributed by atoms with E-state index in [1.807, 2.05) is 24.3 Å². The Morgan fingerprint density at radius 3 is 2.47 bits per heavy atom. The third-order valence-corrected chi connectivity index (χ3v) is 2.73. The van der Waals surface area contributed by atoms with Gasteiger partial charge in [0.15, 0.2) is 5.82 Å². The SMILES string of the molecule is Nc1ncc(-c2ccc(Cl)cc2)nc1Br. The summed E-state index contributed by atoms with van der Waals surface area (Å²) in [7, 11) is 0. The summed E-state index contributed by atoms with van der Waals surface area (Å²) in [5.74, 6) is 0.382. The summed E-state index contributed by atoms with van der Waals surface area (Å²) in [6.07, 6.45) is 1.63. The second-order valence-corrected chi connectivity index (χ2v) is 4.13. The molecule has 0 saturated carbocycles. The molecule has 0 aliphatic heterocycles. The van der Waals surface area contributed by atoms with Crippen molar-refractivity contribution in [2.24, 2.45) is 0 Å². The molecule has 0 unspecified atom stereocenters. The first-order chi connectivity index (χ1) is 7.16. The molecule has 0 bridgehead atoms. The topological polar surface area (TPSA) is 51.8 Å². The highest BCUT2D eigenvalue weighted by atomic mass is 79.9. The monoisotopic (exact) mass is 283 g/mol. The molecule has 0 fully saturated rings. The van der Waals surface area contributed by atoms with Gasteiger partial charge in [-0.15, -0.1) is 0 Å². The average molecular weight is 285 g/mol. The Hall–Kier alpha value is -1.13. The van der Waals surface area contributed by atoms with E-state index in [9.17, 15) is 0 Å². The zero-order valence-electron chi connectivity index (χ0n) is 7.61. The highest BCUT2D eigenvalue weighted by Gasteiger charge is 2.03. The maximum absolute atomic E-state index is 5.79. The molecule has 0 atom stereocenters. The summed E-state index contributed by atoms with van der Waals surface area (Å²) >= 11 is 9.02. The van der Waals surface area contributed by atoms with Gasteiger partial charge in [0.05, 0.1) is 11.9 Å². The minimum atomic E-state index is 0.382. The molecule has 2 rings (SSSR count). The van der Waals surface area contributed by atoms with Crippen LogP contribution in [0.4, 0.5) is 5.82 Å². The molecular weight excluding hydrogens is 277 g/mol. The van der Waals surface area contributed by atoms with Crippen molar-refractivity contribution in [2.45, 2.75) is 0 Å². The van der Waals surface area contributed by atoms with Crippen LogP contribution < -0.4 is 5.73 Å². The Morgan fingerprint density at radius 1 is 1.20 bits per heavy atom. The van der Waals surface area contributed by atoms with Crippen LogP contribution in [0.1, 0.15) is 0 Å². The number of nitrogen functional groups attached to an aromatic ring is 1. The second kappa shape index (κ2) is 4.16. The molecule has 0 amide bonds. The molecule has 0 saturated heterocycles. The van der Waals surface area contributed by atoms with Crippen molar-refractivity contribution in [3.8, 4) is 11.3 Å². The molecule has 0 aliphatic carbocycles. The number of aromatic nitrogens is 2. The maximum atomic E-state index is 5.79. The van der Waals surface area contributed by atoms with Gasteiger partial charge in [0.1, 0.15) is 4.60 Å². The normalized spacial score (nSPS) is 10.3. The van der Waals surface area contributed by atoms with E-state index in [1.165, 1.54) is 0 Å². The summed E-state index contributed by atoms with van der Waals surface area (Å²) in [5.41, 5.74) is 7.26. The second-order valence-electron chi connectivity index (χ2n) is 2.94. The van der Waals surface area contributed by atoms with Crippen LogP contribution in [0.2, 0.25) is 5.02 Å². The maximum Gasteiger partial charge on any atom is 0.156 e. The third-order valence-electron chi connectivity index (χ3n) is 1.90. The lowest BCUT2D eigenvalue weighted by Crippen LogP contribution is -1.95. The number of hydrogen-bond acceptors (Lipinski definition) is 3. The summed E-state index contributed by atoms with van der Waals surface area (Å²) < 4.78 is 0.551. The fraction of sp³-hybridized carbons (Fsp3) is 0. The van der Waals surface area contributed by atoms with Crippen molar-refractivity contribution in [3.63, 3.8) is 0 Å². The smallest absolute Gasteiger partial charge is 0.156 e. The average Bonchev–Trinajstić information content (AvgIpc) is 2.23. The zero-order chi connectivity index (χ0) is 10.8. The van der Waals surface area contributed by atoms with Gasteiger partial charge in [0, 0.05) is 10.6 Å². The van der Waals surface area contributed by atoms with Crippen LogP contribution in [0, 0.1) is 0 Å². The first-order valence-corrected chi connectivity index (χ1v) is 5.38. The van der Waals surface area contributed by atoms with Gasteiger partial charge < -0.3 is 5.73 Å². The van der Waals surface area contributed by atoms with Gasteiger partial charge in [-0.2, -0.15) is 0 Å². The fourth-order valence-electron chi connectivity index (χ4n) is 1.14. The largest absolute Gasteiger partial charge is 0.381 e. The van der Waals surface area contributed by atoms with Gasteiger partial charge in [0.25, 0.3) is 0 Å². The van der Waals surface area contributed by atoms with Crippen molar-refractivity contribution >= 4 is 33.3 Å². The van der Waals surface area contributed by atoms with Crippen LogP contribution in [0.25, 0.3) is 11.3 Å². The molecule has 15 heavy (non-hydrogen) atoms. The summed E-state index contributed by atoms with van der Waals surface area (Å²) in [6.45, 7) is 0. The van der Waals surface area contributed by atoms with Crippen LogP contribution in [0.15, 0.2) is 35.1 Å². The summed E-state index contributed by atoms with van der Waals surface area (Å²) in [5, 5.41) is 0.696. The van der Waals surface area contributed by atoms with E-state index in [-0.39, 0.29) is 0 Å². The molecule has 1 aromatic heterocycles. The summed E-state index contributed by atoms with van der Waals surface area (Å²) in [4.78, 5) is 8.27. The quantitative estimate of drug-likeness (QED) is 0.875. The van der Waals surface area contributed by atoms with E-state index < -0.39 is 0 Å². The molecule has 0 radical (unpaired) electrons. The zero-order valence-corrected chi connectivity index (χ0v) is 9.96. The molecule has 0 aliphatic rings. The van der Waals surface area contributed by atoms with Crippen molar-refractivity contribution < 1.29 is 0 Å². The van der Waals surface area contributed by atoms with Crippen molar-refractivity contribution in [1.82, 2.24) is 9.97 Å². The van der Waals surface area contributed by atoms with Crippen LogP contribution in [0.5, 0.6) is 0 Å². The van der Waals surface area contributed by atoms with Crippen LogP contribution in [0.3, 0.4) is 0 Å².